The van der Waals surface area contributed by atoms with Crippen molar-refractivity contribution >= 4 is 11.6 Å². The summed E-state index contributed by atoms with van der Waals surface area (Å²) in [5.41, 5.74) is 2.86. The number of fused-ring (bicyclic) bond motifs is 1. The van der Waals surface area contributed by atoms with Crippen molar-refractivity contribution in [3.8, 4) is 0 Å². The van der Waals surface area contributed by atoms with Gasteiger partial charge < -0.3 is 19.9 Å². The first-order chi connectivity index (χ1) is 13.8. The molecule has 0 aliphatic carbocycles. The van der Waals surface area contributed by atoms with E-state index in [1.54, 1.807) is 0 Å². The number of ether oxygens (including phenoxy) is 1. The number of morpholine rings is 1. The van der Waals surface area contributed by atoms with Gasteiger partial charge in [0.2, 0.25) is 0 Å². The van der Waals surface area contributed by atoms with E-state index >= 15 is 0 Å². The Morgan fingerprint density at radius 2 is 2.04 bits per heavy atom. The van der Waals surface area contributed by atoms with Gasteiger partial charge in [-0.3, -0.25) is 9.89 Å². The summed E-state index contributed by atoms with van der Waals surface area (Å²) in [6.07, 6.45) is 2.37. The van der Waals surface area contributed by atoms with Crippen LogP contribution in [0.1, 0.15) is 25.8 Å². The van der Waals surface area contributed by atoms with Crippen molar-refractivity contribution in [3.05, 3.63) is 29.8 Å². The second kappa shape index (κ2) is 9.14. The number of rotatable bonds is 5. The van der Waals surface area contributed by atoms with Gasteiger partial charge in [0, 0.05) is 57.0 Å². The number of nitrogens with zero attached hydrogens (tertiary/aromatic N) is 4. The van der Waals surface area contributed by atoms with Gasteiger partial charge in [-0.1, -0.05) is 18.2 Å². The molecule has 2 atom stereocenters. The number of hydrogen-bond acceptors (Lipinski definition) is 4. The van der Waals surface area contributed by atoms with Crippen molar-refractivity contribution in [2.24, 2.45) is 4.99 Å². The number of benzene rings is 1. The zero-order valence-electron chi connectivity index (χ0n) is 17.4. The minimum absolute atomic E-state index is 0.412. The second-order valence-electron chi connectivity index (χ2n) is 8.15. The predicted octanol–water partition coefficient (Wildman–Crippen LogP) is 1.81. The van der Waals surface area contributed by atoms with Crippen molar-refractivity contribution in [2.75, 3.05) is 63.9 Å². The van der Waals surface area contributed by atoms with Gasteiger partial charge in [0.15, 0.2) is 5.96 Å². The SMILES string of the molecule is CCNC(=NCC(C)N1CCc2ccccc21)N1CCC(N2CCOCC2)C1. The molecule has 3 heterocycles. The lowest BCUT2D eigenvalue weighted by atomic mass is 10.2. The molecule has 4 rings (SSSR count). The normalized spacial score (nSPS) is 24.5. The first-order valence-corrected chi connectivity index (χ1v) is 11.0. The quantitative estimate of drug-likeness (QED) is 0.619. The van der Waals surface area contributed by atoms with Crippen LogP contribution in [0.15, 0.2) is 29.3 Å². The van der Waals surface area contributed by atoms with Crippen molar-refractivity contribution in [2.45, 2.75) is 38.8 Å². The zero-order valence-corrected chi connectivity index (χ0v) is 17.4. The van der Waals surface area contributed by atoms with Crippen molar-refractivity contribution in [1.29, 1.82) is 0 Å². The molecule has 0 bridgehead atoms. The van der Waals surface area contributed by atoms with E-state index in [0.29, 0.717) is 12.1 Å². The lowest BCUT2D eigenvalue weighted by molar-refractivity contribution is 0.0195. The first kappa shape index (κ1) is 19.5. The fourth-order valence-corrected chi connectivity index (χ4v) is 4.74. The molecular formula is C22H35N5O. The third-order valence-electron chi connectivity index (χ3n) is 6.32. The van der Waals surface area contributed by atoms with Gasteiger partial charge in [-0.2, -0.15) is 0 Å². The summed E-state index contributed by atoms with van der Waals surface area (Å²) in [6.45, 7) is 13.4. The molecule has 2 saturated heterocycles. The van der Waals surface area contributed by atoms with Gasteiger partial charge in [0.25, 0.3) is 0 Å². The average Bonchev–Trinajstić information content (AvgIpc) is 3.39. The Morgan fingerprint density at radius 1 is 1.21 bits per heavy atom. The van der Waals surface area contributed by atoms with Crippen LogP contribution < -0.4 is 10.2 Å². The van der Waals surface area contributed by atoms with E-state index in [2.05, 4.69) is 58.1 Å². The van der Waals surface area contributed by atoms with Crippen molar-refractivity contribution < 1.29 is 4.74 Å². The maximum atomic E-state index is 5.51. The Hall–Kier alpha value is -1.79. The summed E-state index contributed by atoms with van der Waals surface area (Å²) in [7, 11) is 0. The second-order valence-corrected chi connectivity index (χ2v) is 8.15. The summed E-state index contributed by atoms with van der Waals surface area (Å²) in [6, 6.07) is 9.84. The van der Waals surface area contributed by atoms with Crippen molar-refractivity contribution in [3.63, 3.8) is 0 Å². The summed E-state index contributed by atoms with van der Waals surface area (Å²) in [4.78, 5) is 12.6. The predicted molar refractivity (Wildman–Crippen MR) is 115 cm³/mol. The standard InChI is InChI=1S/C22H35N5O/c1-3-23-22(26-10-9-20(17-26)25-12-14-28-15-13-25)24-16-18(2)27-11-8-19-6-4-5-7-21(19)27/h4-7,18,20H,3,8-17H2,1-2H3,(H,23,24). The smallest absolute Gasteiger partial charge is 0.194 e. The van der Waals surface area contributed by atoms with Gasteiger partial charge >= 0.3 is 0 Å². The van der Waals surface area contributed by atoms with Crippen LogP contribution >= 0.6 is 0 Å². The minimum Gasteiger partial charge on any atom is -0.379 e. The molecule has 154 valence electrons. The molecular weight excluding hydrogens is 350 g/mol. The van der Waals surface area contributed by atoms with E-state index in [-0.39, 0.29) is 0 Å². The van der Waals surface area contributed by atoms with E-state index in [1.165, 1.54) is 17.7 Å². The Kier molecular flexibility index (Phi) is 6.37. The molecule has 0 amide bonds. The highest BCUT2D eigenvalue weighted by Gasteiger charge is 2.30. The van der Waals surface area contributed by atoms with Crippen LogP contribution in [0.2, 0.25) is 0 Å². The van der Waals surface area contributed by atoms with Crippen LogP contribution in [-0.2, 0) is 11.2 Å². The summed E-state index contributed by atoms with van der Waals surface area (Å²) >= 11 is 0. The molecule has 2 fully saturated rings. The van der Waals surface area contributed by atoms with E-state index < -0.39 is 0 Å². The van der Waals surface area contributed by atoms with Gasteiger partial charge in [-0.15, -0.1) is 0 Å². The average molecular weight is 386 g/mol. The van der Waals surface area contributed by atoms with Crippen LogP contribution in [0.5, 0.6) is 0 Å². The zero-order chi connectivity index (χ0) is 19.3. The fourth-order valence-electron chi connectivity index (χ4n) is 4.74. The number of anilines is 1. The third kappa shape index (κ3) is 4.28. The lowest BCUT2D eigenvalue weighted by Gasteiger charge is -2.32. The van der Waals surface area contributed by atoms with Crippen molar-refractivity contribution in [1.82, 2.24) is 15.1 Å². The Morgan fingerprint density at radius 3 is 2.86 bits per heavy atom. The maximum Gasteiger partial charge on any atom is 0.194 e. The Balaban J connectivity index is 1.37. The van der Waals surface area contributed by atoms with Crippen LogP contribution in [0.25, 0.3) is 0 Å². The number of likely N-dealkylation sites (tertiary alicyclic amines) is 1. The molecule has 0 spiro atoms. The molecule has 3 aliphatic heterocycles. The van der Waals surface area contributed by atoms with Crippen LogP contribution in [0.4, 0.5) is 5.69 Å². The minimum atomic E-state index is 0.412. The first-order valence-electron chi connectivity index (χ1n) is 11.0. The van der Waals surface area contributed by atoms with Gasteiger partial charge in [-0.25, -0.2) is 0 Å². The van der Waals surface area contributed by atoms with Crippen LogP contribution in [0, 0.1) is 0 Å². The van der Waals surface area contributed by atoms with Gasteiger partial charge in [0.05, 0.1) is 19.8 Å². The number of para-hydroxylation sites is 1. The highest BCUT2D eigenvalue weighted by atomic mass is 16.5. The van der Waals surface area contributed by atoms with Crippen LogP contribution in [0.3, 0.4) is 0 Å². The Labute approximate surface area is 169 Å². The molecule has 2 unspecified atom stereocenters. The highest BCUT2D eigenvalue weighted by Crippen LogP contribution is 2.29. The molecule has 3 aliphatic rings. The highest BCUT2D eigenvalue weighted by molar-refractivity contribution is 5.80. The summed E-state index contributed by atoms with van der Waals surface area (Å²) < 4.78 is 5.51. The molecule has 6 nitrogen and oxygen atoms in total. The largest absolute Gasteiger partial charge is 0.379 e. The molecule has 28 heavy (non-hydrogen) atoms. The molecule has 1 aromatic carbocycles. The van der Waals surface area contributed by atoms with Crippen LogP contribution in [-0.4, -0.2) is 86.9 Å². The molecule has 0 radical (unpaired) electrons. The number of guanidine groups is 1. The molecule has 6 heteroatoms. The van der Waals surface area contributed by atoms with Gasteiger partial charge in [0.1, 0.15) is 0 Å². The fraction of sp³-hybridized carbons (Fsp3) is 0.682. The summed E-state index contributed by atoms with van der Waals surface area (Å²) in [5, 5.41) is 3.53. The topological polar surface area (TPSA) is 43.3 Å². The number of hydrogen-bond donors (Lipinski definition) is 1. The number of aliphatic imine (C=N–C) groups is 1. The monoisotopic (exact) mass is 385 g/mol. The van der Waals surface area contributed by atoms with E-state index in [4.69, 9.17) is 9.73 Å². The molecule has 1 aromatic rings. The third-order valence-corrected chi connectivity index (χ3v) is 6.32. The summed E-state index contributed by atoms with van der Waals surface area (Å²) in [5.74, 6) is 1.08. The van der Waals surface area contributed by atoms with E-state index in [9.17, 15) is 0 Å². The van der Waals surface area contributed by atoms with E-state index in [0.717, 1.165) is 71.4 Å². The molecule has 0 aromatic heterocycles. The molecule has 0 saturated carbocycles. The van der Waals surface area contributed by atoms with E-state index in [1.807, 2.05) is 0 Å². The lowest BCUT2D eigenvalue weighted by Crippen LogP contribution is -2.47. The maximum absolute atomic E-state index is 5.51. The number of nitrogens with one attached hydrogen (secondary N) is 1. The Bertz CT molecular complexity index is 673. The molecule has 1 N–H and O–H groups in total. The van der Waals surface area contributed by atoms with Gasteiger partial charge in [-0.05, 0) is 38.3 Å².